The minimum Gasteiger partial charge on any atom is -0.459 e. The van der Waals surface area contributed by atoms with E-state index >= 15 is 0 Å². The molecular formula is C22H16F2N2O3. The summed E-state index contributed by atoms with van der Waals surface area (Å²) in [7, 11) is 0. The van der Waals surface area contributed by atoms with Crippen LogP contribution in [-0.2, 0) is 0 Å². The van der Waals surface area contributed by atoms with Gasteiger partial charge in [-0.2, -0.15) is 0 Å². The van der Waals surface area contributed by atoms with E-state index in [2.05, 4.69) is 4.98 Å². The Hall–Kier alpha value is -3.48. The Kier molecular flexibility index (Phi) is 4.16. The molecule has 0 bridgehead atoms. The summed E-state index contributed by atoms with van der Waals surface area (Å²) in [6.45, 7) is 0.600. The van der Waals surface area contributed by atoms with Gasteiger partial charge in [-0.1, -0.05) is 12.1 Å². The van der Waals surface area contributed by atoms with Crippen LogP contribution in [0.4, 0.5) is 8.78 Å². The first-order valence-electron chi connectivity index (χ1n) is 9.30. The Labute approximate surface area is 164 Å². The van der Waals surface area contributed by atoms with E-state index in [1.54, 1.807) is 35.2 Å². The molecule has 1 amide bonds. The maximum Gasteiger partial charge on any atom is 0.290 e. The van der Waals surface area contributed by atoms with E-state index in [1.807, 2.05) is 0 Å². The molecule has 7 heteroatoms. The summed E-state index contributed by atoms with van der Waals surface area (Å²) in [5.41, 5.74) is 2.42. The van der Waals surface area contributed by atoms with Crippen LogP contribution in [0.1, 0.15) is 35.3 Å². The number of halogens is 2. The number of rotatable bonds is 3. The SMILES string of the molecule is O=C(c1ccco1)N1CCCC1c1nc2cc(-c3ccc(F)c(F)c3)ccc2o1. The first kappa shape index (κ1) is 17.6. The number of hydrogen-bond acceptors (Lipinski definition) is 4. The van der Waals surface area contributed by atoms with E-state index in [0.29, 0.717) is 34.7 Å². The van der Waals surface area contributed by atoms with E-state index < -0.39 is 11.6 Å². The lowest BCUT2D eigenvalue weighted by atomic mass is 10.1. The van der Waals surface area contributed by atoms with Crippen molar-refractivity contribution in [2.45, 2.75) is 18.9 Å². The number of fused-ring (bicyclic) bond motifs is 1. The summed E-state index contributed by atoms with van der Waals surface area (Å²) in [6, 6.07) is 12.1. The monoisotopic (exact) mass is 394 g/mol. The predicted molar refractivity (Wildman–Crippen MR) is 101 cm³/mol. The molecule has 4 aromatic rings. The number of amides is 1. The zero-order valence-corrected chi connectivity index (χ0v) is 15.3. The third-order valence-corrected chi connectivity index (χ3v) is 5.19. The number of hydrogen-bond donors (Lipinski definition) is 0. The molecule has 29 heavy (non-hydrogen) atoms. The number of likely N-dealkylation sites (tertiary alicyclic amines) is 1. The number of benzene rings is 2. The fraction of sp³-hybridized carbons (Fsp3) is 0.182. The lowest BCUT2D eigenvalue weighted by Gasteiger charge is -2.20. The Morgan fingerprint density at radius 2 is 1.90 bits per heavy atom. The highest BCUT2D eigenvalue weighted by Crippen LogP contribution is 2.35. The van der Waals surface area contributed by atoms with Crippen LogP contribution in [0.3, 0.4) is 0 Å². The van der Waals surface area contributed by atoms with Gasteiger partial charge in [-0.15, -0.1) is 0 Å². The van der Waals surface area contributed by atoms with Gasteiger partial charge in [0.25, 0.3) is 5.91 Å². The van der Waals surface area contributed by atoms with E-state index in [1.165, 1.54) is 12.3 Å². The second-order valence-corrected chi connectivity index (χ2v) is 7.00. The Balaban J connectivity index is 1.48. The van der Waals surface area contributed by atoms with Crippen molar-refractivity contribution in [3.8, 4) is 11.1 Å². The highest BCUT2D eigenvalue weighted by atomic mass is 19.2. The van der Waals surface area contributed by atoms with E-state index in [4.69, 9.17) is 8.83 Å². The van der Waals surface area contributed by atoms with Crippen molar-refractivity contribution < 1.29 is 22.4 Å². The molecule has 1 unspecified atom stereocenters. The van der Waals surface area contributed by atoms with E-state index in [9.17, 15) is 13.6 Å². The maximum atomic E-state index is 13.6. The quantitative estimate of drug-likeness (QED) is 0.470. The van der Waals surface area contributed by atoms with E-state index in [0.717, 1.165) is 25.0 Å². The Bertz CT molecular complexity index is 1200. The normalized spacial score (nSPS) is 16.6. The largest absolute Gasteiger partial charge is 0.459 e. The van der Waals surface area contributed by atoms with Gasteiger partial charge in [0.1, 0.15) is 11.6 Å². The van der Waals surface area contributed by atoms with Gasteiger partial charge in [0.15, 0.2) is 23.0 Å². The number of nitrogens with zero attached hydrogens (tertiary/aromatic N) is 2. The van der Waals surface area contributed by atoms with Crippen LogP contribution in [0.5, 0.6) is 0 Å². The van der Waals surface area contributed by atoms with Crippen molar-refractivity contribution in [1.29, 1.82) is 0 Å². The molecule has 0 saturated carbocycles. The molecule has 146 valence electrons. The second-order valence-electron chi connectivity index (χ2n) is 7.00. The molecule has 0 radical (unpaired) electrons. The summed E-state index contributed by atoms with van der Waals surface area (Å²) in [6.07, 6.45) is 3.06. The lowest BCUT2D eigenvalue weighted by molar-refractivity contribution is 0.0684. The van der Waals surface area contributed by atoms with Crippen LogP contribution in [0, 0.1) is 11.6 Å². The van der Waals surface area contributed by atoms with Gasteiger partial charge in [-0.25, -0.2) is 13.8 Å². The van der Waals surface area contributed by atoms with Crippen LogP contribution in [0.2, 0.25) is 0 Å². The first-order chi connectivity index (χ1) is 14.1. The van der Waals surface area contributed by atoms with Gasteiger partial charge in [-0.05, 0) is 60.4 Å². The van der Waals surface area contributed by atoms with Crippen LogP contribution in [-0.4, -0.2) is 22.3 Å². The molecule has 1 atom stereocenters. The summed E-state index contributed by atoms with van der Waals surface area (Å²) in [5.74, 6) is -1.24. The highest BCUT2D eigenvalue weighted by Gasteiger charge is 2.35. The smallest absolute Gasteiger partial charge is 0.290 e. The first-order valence-corrected chi connectivity index (χ1v) is 9.30. The maximum absolute atomic E-state index is 13.6. The zero-order valence-electron chi connectivity index (χ0n) is 15.3. The molecule has 0 N–H and O–H groups in total. The molecule has 0 aliphatic carbocycles. The number of carbonyl (C=O) groups is 1. The molecule has 1 saturated heterocycles. The topological polar surface area (TPSA) is 59.5 Å². The van der Waals surface area contributed by atoms with Gasteiger partial charge >= 0.3 is 0 Å². The fourth-order valence-corrected chi connectivity index (χ4v) is 3.75. The Morgan fingerprint density at radius 1 is 1.07 bits per heavy atom. The summed E-state index contributed by atoms with van der Waals surface area (Å²) >= 11 is 0. The van der Waals surface area contributed by atoms with Gasteiger partial charge in [-0.3, -0.25) is 4.79 Å². The number of aromatic nitrogens is 1. The molecule has 1 aliphatic rings. The number of oxazole rings is 1. The molecule has 1 fully saturated rings. The molecule has 3 heterocycles. The van der Waals surface area contributed by atoms with Gasteiger partial charge in [0, 0.05) is 6.54 Å². The minimum absolute atomic E-state index is 0.192. The fourth-order valence-electron chi connectivity index (χ4n) is 3.75. The third-order valence-electron chi connectivity index (χ3n) is 5.19. The average Bonchev–Trinajstić information content (AvgIpc) is 3.48. The molecular weight excluding hydrogens is 378 g/mol. The van der Waals surface area contributed by atoms with Gasteiger partial charge in [0.05, 0.1) is 6.26 Å². The van der Waals surface area contributed by atoms with Crippen molar-refractivity contribution in [2.75, 3.05) is 6.54 Å². The summed E-state index contributed by atoms with van der Waals surface area (Å²) in [5, 5.41) is 0. The van der Waals surface area contributed by atoms with Crippen LogP contribution in [0.25, 0.3) is 22.2 Å². The molecule has 5 nitrogen and oxygen atoms in total. The molecule has 5 rings (SSSR count). The van der Waals surface area contributed by atoms with Crippen LogP contribution in [0.15, 0.2) is 63.6 Å². The minimum atomic E-state index is -0.901. The number of carbonyl (C=O) groups excluding carboxylic acids is 1. The Morgan fingerprint density at radius 3 is 2.69 bits per heavy atom. The summed E-state index contributed by atoms with van der Waals surface area (Å²) < 4.78 is 37.9. The van der Waals surface area contributed by atoms with Crippen LogP contribution < -0.4 is 0 Å². The molecule has 0 spiro atoms. The van der Waals surface area contributed by atoms with Crippen molar-refractivity contribution in [2.24, 2.45) is 0 Å². The average molecular weight is 394 g/mol. The summed E-state index contributed by atoms with van der Waals surface area (Å²) in [4.78, 5) is 19.0. The van der Waals surface area contributed by atoms with Crippen molar-refractivity contribution in [1.82, 2.24) is 9.88 Å². The standard InChI is InChI=1S/C22H16F2N2O3/c23-15-7-5-13(11-16(15)24)14-6-8-19-17(12-14)25-21(29-19)18-3-1-9-26(18)22(27)20-4-2-10-28-20/h2,4-8,10-12,18H,1,3,9H2. The molecule has 1 aliphatic heterocycles. The predicted octanol–water partition coefficient (Wildman–Crippen LogP) is 5.34. The van der Waals surface area contributed by atoms with Crippen molar-refractivity contribution in [3.05, 3.63) is 78.1 Å². The number of furan rings is 1. The van der Waals surface area contributed by atoms with Gasteiger partial charge in [0.2, 0.25) is 5.89 Å². The zero-order chi connectivity index (χ0) is 20.0. The highest BCUT2D eigenvalue weighted by molar-refractivity contribution is 5.92. The second kappa shape index (κ2) is 6.84. The third kappa shape index (κ3) is 3.08. The van der Waals surface area contributed by atoms with Gasteiger partial charge < -0.3 is 13.7 Å². The van der Waals surface area contributed by atoms with Crippen molar-refractivity contribution in [3.63, 3.8) is 0 Å². The molecule has 2 aromatic heterocycles. The lowest BCUT2D eigenvalue weighted by Crippen LogP contribution is -2.30. The van der Waals surface area contributed by atoms with Crippen molar-refractivity contribution >= 4 is 17.0 Å². The van der Waals surface area contributed by atoms with E-state index in [-0.39, 0.29) is 17.7 Å². The van der Waals surface area contributed by atoms with Crippen LogP contribution >= 0.6 is 0 Å². The molecule has 2 aromatic carbocycles.